The third kappa shape index (κ3) is 3.01. The number of hydrogen-bond acceptors (Lipinski definition) is 3. The molecule has 0 spiro atoms. The maximum atomic E-state index is 13.4. The fourth-order valence-electron chi connectivity index (χ4n) is 5.00. The molecule has 6 rings (SSSR count). The highest BCUT2D eigenvalue weighted by atomic mass is 16.2. The summed E-state index contributed by atoms with van der Waals surface area (Å²) in [6.07, 6.45) is 1.53. The van der Waals surface area contributed by atoms with Gasteiger partial charge in [-0.2, -0.15) is 0 Å². The molecule has 0 aliphatic carbocycles. The van der Waals surface area contributed by atoms with Crippen LogP contribution >= 0.6 is 0 Å². The van der Waals surface area contributed by atoms with Crippen LogP contribution in [0.3, 0.4) is 0 Å². The van der Waals surface area contributed by atoms with Crippen LogP contribution in [0.2, 0.25) is 0 Å². The highest BCUT2D eigenvalue weighted by molar-refractivity contribution is 6.16. The minimum Gasteiger partial charge on any atom is -0.351 e. The van der Waals surface area contributed by atoms with Crippen molar-refractivity contribution in [2.75, 3.05) is 16.8 Å². The van der Waals surface area contributed by atoms with Gasteiger partial charge in [0.2, 0.25) is 5.91 Å². The Bertz CT molecular complexity index is 1490. The number of aryl methyl sites for hydroxylation is 1. The molecule has 0 saturated heterocycles. The van der Waals surface area contributed by atoms with Crippen LogP contribution in [-0.4, -0.2) is 33.7 Å². The van der Waals surface area contributed by atoms with E-state index in [1.165, 1.54) is 0 Å². The molecule has 0 bridgehead atoms. The first-order valence-electron chi connectivity index (χ1n) is 11.2. The van der Waals surface area contributed by atoms with Crippen molar-refractivity contribution in [3.8, 4) is 0 Å². The lowest BCUT2D eigenvalue weighted by atomic mass is 10.0. The third-order valence-electron chi connectivity index (χ3n) is 6.63. The lowest BCUT2D eigenvalue weighted by Gasteiger charge is -2.40. The number of amides is 3. The Morgan fingerprint density at radius 1 is 0.912 bits per heavy atom. The zero-order chi connectivity index (χ0) is 23.4. The molecule has 4 aromatic rings. The standard InChI is InChI=1S/C27H22N4O3/c1-29-14-12-17-16-18(10-11-22(17)29)28-24(32)13-15-30-25-19-6-2-3-7-20(19)27(34)31(25)23-9-5-4-8-21(23)26(30)33/h2-12,14,16,25H,13,15H2,1H3,(H,28,32)/t25-/m0/s1. The number of fused-ring (bicyclic) bond motifs is 6. The van der Waals surface area contributed by atoms with Crippen LogP contribution in [0.1, 0.15) is 38.9 Å². The van der Waals surface area contributed by atoms with E-state index in [0.717, 1.165) is 16.5 Å². The largest absolute Gasteiger partial charge is 0.351 e. The number of para-hydroxylation sites is 1. The van der Waals surface area contributed by atoms with E-state index in [1.807, 2.05) is 66.3 Å². The molecule has 7 heteroatoms. The summed E-state index contributed by atoms with van der Waals surface area (Å²) in [4.78, 5) is 42.8. The predicted molar refractivity (Wildman–Crippen MR) is 130 cm³/mol. The summed E-state index contributed by atoms with van der Waals surface area (Å²) in [7, 11) is 1.98. The molecule has 2 aliphatic heterocycles. The number of carbonyl (C=O) groups excluding carboxylic acids is 3. The molecule has 3 heterocycles. The molecule has 3 amide bonds. The first-order chi connectivity index (χ1) is 16.5. The Labute approximate surface area is 196 Å². The van der Waals surface area contributed by atoms with Crippen LogP contribution in [0.5, 0.6) is 0 Å². The van der Waals surface area contributed by atoms with Gasteiger partial charge < -0.3 is 14.8 Å². The van der Waals surface area contributed by atoms with Crippen molar-refractivity contribution in [1.29, 1.82) is 0 Å². The molecule has 0 fully saturated rings. The fraction of sp³-hybridized carbons (Fsp3) is 0.148. The van der Waals surface area contributed by atoms with Crippen LogP contribution in [0.4, 0.5) is 11.4 Å². The van der Waals surface area contributed by atoms with E-state index in [0.29, 0.717) is 22.5 Å². The molecule has 0 radical (unpaired) electrons. The van der Waals surface area contributed by atoms with Gasteiger partial charge >= 0.3 is 0 Å². The zero-order valence-electron chi connectivity index (χ0n) is 18.6. The smallest absolute Gasteiger partial charge is 0.260 e. The summed E-state index contributed by atoms with van der Waals surface area (Å²) in [5.74, 6) is -0.503. The molecule has 7 nitrogen and oxygen atoms in total. The monoisotopic (exact) mass is 450 g/mol. The normalized spacial score (nSPS) is 16.4. The lowest BCUT2D eigenvalue weighted by Crippen LogP contribution is -2.48. The number of hydrogen-bond donors (Lipinski definition) is 1. The minimum atomic E-state index is -0.556. The van der Waals surface area contributed by atoms with Crippen molar-refractivity contribution in [2.24, 2.45) is 7.05 Å². The van der Waals surface area contributed by atoms with E-state index in [-0.39, 0.29) is 30.7 Å². The van der Waals surface area contributed by atoms with Crippen LogP contribution in [0.25, 0.3) is 10.9 Å². The third-order valence-corrected chi connectivity index (χ3v) is 6.63. The molecule has 1 atom stereocenters. The summed E-state index contributed by atoms with van der Waals surface area (Å²) in [5, 5.41) is 3.98. The minimum absolute atomic E-state index is 0.113. The summed E-state index contributed by atoms with van der Waals surface area (Å²) in [5.41, 5.74) is 4.24. The molecule has 0 saturated carbocycles. The Kier molecular flexibility index (Phi) is 4.52. The molecule has 1 aromatic heterocycles. The molecule has 0 unspecified atom stereocenters. The second kappa shape index (κ2) is 7.59. The quantitative estimate of drug-likeness (QED) is 0.503. The Morgan fingerprint density at radius 3 is 2.53 bits per heavy atom. The van der Waals surface area contributed by atoms with Gasteiger partial charge in [-0.15, -0.1) is 0 Å². The highest BCUT2D eigenvalue weighted by Crippen LogP contribution is 2.45. The van der Waals surface area contributed by atoms with Crippen molar-refractivity contribution in [3.63, 3.8) is 0 Å². The number of nitrogens with one attached hydrogen (secondary N) is 1. The maximum absolute atomic E-state index is 13.4. The Balaban J connectivity index is 1.27. The highest BCUT2D eigenvalue weighted by Gasteiger charge is 2.47. The van der Waals surface area contributed by atoms with E-state index >= 15 is 0 Å². The first-order valence-corrected chi connectivity index (χ1v) is 11.2. The number of anilines is 2. The van der Waals surface area contributed by atoms with Gasteiger partial charge in [0.25, 0.3) is 11.8 Å². The first kappa shape index (κ1) is 20.2. The lowest BCUT2D eigenvalue weighted by molar-refractivity contribution is -0.116. The second-order valence-electron chi connectivity index (χ2n) is 8.65. The number of benzene rings is 3. The number of carbonyl (C=O) groups is 3. The summed E-state index contributed by atoms with van der Waals surface area (Å²) < 4.78 is 2.02. The van der Waals surface area contributed by atoms with Crippen molar-refractivity contribution in [1.82, 2.24) is 9.47 Å². The molecule has 2 aliphatic rings. The van der Waals surface area contributed by atoms with Crippen LogP contribution in [-0.2, 0) is 11.8 Å². The topological polar surface area (TPSA) is 74.7 Å². The second-order valence-corrected chi connectivity index (χ2v) is 8.65. The van der Waals surface area contributed by atoms with Crippen molar-refractivity contribution >= 4 is 40.0 Å². The van der Waals surface area contributed by atoms with E-state index in [1.54, 1.807) is 34.1 Å². The van der Waals surface area contributed by atoms with E-state index < -0.39 is 6.17 Å². The zero-order valence-corrected chi connectivity index (χ0v) is 18.6. The van der Waals surface area contributed by atoms with Crippen LogP contribution in [0.15, 0.2) is 79.0 Å². The van der Waals surface area contributed by atoms with E-state index in [2.05, 4.69) is 5.32 Å². The molecular weight excluding hydrogens is 428 g/mol. The van der Waals surface area contributed by atoms with Gasteiger partial charge in [0.1, 0.15) is 6.17 Å². The van der Waals surface area contributed by atoms with Gasteiger partial charge in [-0.1, -0.05) is 30.3 Å². The summed E-state index contributed by atoms with van der Waals surface area (Å²) in [6, 6.07) is 22.3. The maximum Gasteiger partial charge on any atom is 0.260 e. The van der Waals surface area contributed by atoms with Gasteiger partial charge in [-0.3, -0.25) is 19.3 Å². The predicted octanol–water partition coefficient (Wildman–Crippen LogP) is 4.32. The van der Waals surface area contributed by atoms with Crippen molar-refractivity contribution in [3.05, 3.63) is 95.7 Å². The number of aromatic nitrogens is 1. The average Bonchev–Trinajstić information content (AvgIpc) is 3.36. The number of nitrogens with zero attached hydrogens (tertiary/aromatic N) is 3. The SMILES string of the molecule is Cn1ccc2cc(NC(=O)CCN3C(=O)c4ccccc4N4C(=O)c5ccccc5[C@@H]34)ccc21. The Morgan fingerprint density at radius 2 is 1.68 bits per heavy atom. The van der Waals surface area contributed by atoms with Crippen molar-refractivity contribution in [2.45, 2.75) is 12.6 Å². The van der Waals surface area contributed by atoms with Crippen LogP contribution in [0, 0.1) is 0 Å². The van der Waals surface area contributed by atoms with E-state index in [4.69, 9.17) is 0 Å². The molecule has 168 valence electrons. The van der Waals surface area contributed by atoms with E-state index in [9.17, 15) is 14.4 Å². The number of rotatable bonds is 4. The molecule has 1 N–H and O–H groups in total. The van der Waals surface area contributed by atoms with Crippen LogP contribution < -0.4 is 10.2 Å². The fourth-order valence-corrected chi connectivity index (χ4v) is 5.00. The average molecular weight is 450 g/mol. The van der Waals surface area contributed by atoms with Gasteiger partial charge in [0.15, 0.2) is 0 Å². The van der Waals surface area contributed by atoms with Gasteiger partial charge in [0, 0.05) is 53.9 Å². The van der Waals surface area contributed by atoms with Crippen molar-refractivity contribution < 1.29 is 14.4 Å². The van der Waals surface area contributed by atoms with Gasteiger partial charge in [-0.05, 0) is 42.5 Å². The molecule has 3 aromatic carbocycles. The van der Waals surface area contributed by atoms with Gasteiger partial charge in [0.05, 0.1) is 11.3 Å². The molecular formula is C27H22N4O3. The summed E-state index contributed by atoms with van der Waals surface area (Å²) >= 11 is 0. The molecule has 34 heavy (non-hydrogen) atoms. The Hall–Kier alpha value is -4.39. The van der Waals surface area contributed by atoms with Gasteiger partial charge in [-0.25, -0.2) is 0 Å². The summed E-state index contributed by atoms with van der Waals surface area (Å²) in [6.45, 7) is 0.190.